The smallest absolute Gasteiger partial charge is 0.228 e. The van der Waals surface area contributed by atoms with E-state index in [2.05, 4.69) is 22.1 Å². The van der Waals surface area contributed by atoms with Crippen molar-refractivity contribution in [3.63, 3.8) is 0 Å². The van der Waals surface area contributed by atoms with Gasteiger partial charge in [-0.05, 0) is 36.8 Å². The Morgan fingerprint density at radius 1 is 1.08 bits per heavy atom. The van der Waals surface area contributed by atoms with Crippen molar-refractivity contribution in [2.45, 2.75) is 26.8 Å². The van der Waals surface area contributed by atoms with Crippen LogP contribution in [0.3, 0.4) is 0 Å². The molecule has 0 saturated carbocycles. The van der Waals surface area contributed by atoms with Gasteiger partial charge in [-0.2, -0.15) is 0 Å². The van der Waals surface area contributed by atoms with E-state index >= 15 is 0 Å². The van der Waals surface area contributed by atoms with E-state index in [1.807, 2.05) is 30.5 Å². The number of anilines is 2. The minimum absolute atomic E-state index is 0.155. The van der Waals surface area contributed by atoms with Gasteiger partial charge in [0.05, 0.1) is 17.8 Å². The fourth-order valence-electron chi connectivity index (χ4n) is 3.01. The lowest BCUT2D eigenvalue weighted by molar-refractivity contribution is -0.116. The van der Waals surface area contributed by atoms with Crippen LogP contribution in [0, 0.1) is 0 Å². The second-order valence-corrected chi connectivity index (χ2v) is 6.49. The summed E-state index contributed by atoms with van der Waals surface area (Å²) >= 11 is 5.98. The Kier molecular flexibility index (Phi) is 5.28. The molecule has 0 radical (unpaired) electrons. The van der Waals surface area contributed by atoms with E-state index in [-0.39, 0.29) is 18.2 Å². The summed E-state index contributed by atoms with van der Waals surface area (Å²) in [6, 6.07) is 13.0. The molecule has 134 valence electrons. The number of aromatic nitrogens is 1. The Morgan fingerprint density at radius 3 is 2.58 bits per heavy atom. The van der Waals surface area contributed by atoms with Gasteiger partial charge in [-0.1, -0.05) is 29.8 Å². The normalized spacial score (nSPS) is 10.7. The average Bonchev–Trinajstić information content (AvgIpc) is 2.95. The number of carbonyl (C=O) groups excluding carboxylic acids is 2. The number of amides is 2. The van der Waals surface area contributed by atoms with Crippen LogP contribution in [-0.2, 0) is 22.6 Å². The topological polar surface area (TPSA) is 63.1 Å². The Balaban J connectivity index is 1.83. The molecule has 2 aromatic carbocycles. The average molecular weight is 370 g/mol. The first-order chi connectivity index (χ1) is 12.5. The molecular weight excluding hydrogens is 350 g/mol. The maximum absolute atomic E-state index is 12.6. The fourth-order valence-corrected chi connectivity index (χ4v) is 3.18. The molecule has 0 atom stereocenters. The first-order valence-electron chi connectivity index (χ1n) is 8.41. The van der Waals surface area contributed by atoms with Gasteiger partial charge < -0.3 is 15.2 Å². The number of rotatable bonds is 5. The van der Waals surface area contributed by atoms with Crippen LogP contribution in [0.4, 0.5) is 11.4 Å². The Bertz CT molecular complexity index is 978. The van der Waals surface area contributed by atoms with Crippen molar-refractivity contribution in [3.05, 3.63) is 59.2 Å². The number of halogens is 1. The predicted octanol–water partition coefficient (Wildman–Crippen LogP) is 4.45. The van der Waals surface area contributed by atoms with Gasteiger partial charge in [0.25, 0.3) is 0 Å². The van der Waals surface area contributed by atoms with Crippen LogP contribution in [0.2, 0.25) is 5.02 Å². The van der Waals surface area contributed by atoms with Crippen LogP contribution in [0.25, 0.3) is 10.9 Å². The maximum atomic E-state index is 12.6. The third-order valence-corrected chi connectivity index (χ3v) is 4.36. The predicted molar refractivity (Wildman–Crippen MR) is 106 cm³/mol. The second kappa shape index (κ2) is 7.62. The summed E-state index contributed by atoms with van der Waals surface area (Å²) in [5.74, 6) is -0.383. The van der Waals surface area contributed by atoms with Crippen LogP contribution in [0.5, 0.6) is 0 Å². The first-order valence-corrected chi connectivity index (χ1v) is 8.79. The summed E-state index contributed by atoms with van der Waals surface area (Å²) in [6.45, 7) is 4.32. The third kappa shape index (κ3) is 3.89. The van der Waals surface area contributed by atoms with Crippen molar-refractivity contribution in [3.8, 4) is 0 Å². The maximum Gasteiger partial charge on any atom is 0.228 e. The number of para-hydroxylation sites is 1. The van der Waals surface area contributed by atoms with Crippen LogP contribution < -0.4 is 10.6 Å². The number of carbonyl (C=O) groups is 2. The summed E-state index contributed by atoms with van der Waals surface area (Å²) in [4.78, 5) is 23.9. The quantitative estimate of drug-likeness (QED) is 0.697. The van der Waals surface area contributed by atoms with Gasteiger partial charge in [-0.3, -0.25) is 9.59 Å². The van der Waals surface area contributed by atoms with Crippen molar-refractivity contribution in [2.24, 2.45) is 0 Å². The molecule has 6 heteroatoms. The van der Waals surface area contributed by atoms with Gasteiger partial charge in [0.1, 0.15) is 0 Å². The SMILES string of the molecule is CCn1cc(CC(=O)Nc2ccc(Cl)cc2NC(C)=O)c2ccccc21. The van der Waals surface area contributed by atoms with Crippen molar-refractivity contribution in [1.82, 2.24) is 4.57 Å². The summed E-state index contributed by atoms with van der Waals surface area (Å²) in [5.41, 5.74) is 3.08. The molecule has 2 amide bonds. The van der Waals surface area contributed by atoms with Crippen LogP contribution >= 0.6 is 11.6 Å². The van der Waals surface area contributed by atoms with Crippen molar-refractivity contribution in [1.29, 1.82) is 0 Å². The minimum atomic E-state index is -0.228. The molecule has 0 saturated heterocycles. The molecule has 0 aliphatic heterocycles. The molecule has 0 unspecified atom stereocenters. The molecule has 3 rings (SSSR count). The van der Waals surface area contributed by atoms with Gasteiger partial charge in [0.15, 0.2) is 0 Å². The molecule has 2 N–H and O–H groups in total. The summed E-state index contributed by atoms with van der Waals surface area (Å²) in [6.07, 6.45) is 2.26. The zero-order chi connectivity index (χ0) is 18.7. The van der Waals surface area contributed by atoms with E-state index in [1.54, 1.807) is 18.2 Å². The number of hydrogen-bond donors (Lipinski definition) is 2. The number of aryl methyl sites for hydroxylation is 1. The van der Waals surface area contributed by atoms with Crippen LogP contribution in [-0.4, -0.2) is 16.4 Å². The van der Waals surface area contributed by atoms with Crippen LogP contribution in [0.15, 0.2) is 48.7 Å². The first kappa shape index (κ1) is 18.0. The standard InChI is InChI=1S/C20H20ClN3O2/c1-3-24-12-14(16-6-4-5-7-19(16)24)10-20(26)23-17-9-8-15(21)11-18(17)22-13(2)25/h4-9,11-12H,3,10H2,1-2H3,(H,22,25)(H,23,26). The number of nitrogens with one attached hydrogen (secondary N) is 2. The van der Waals surface area contributed by atoms with E-state index in [0.29, 0.717) is 16.4 Å². The Hall–Kier alpha value is -2.79. The monoisotopic (exact) mass is 369 g/mol. The lowest BCUT2D eigenvalue weighted by Gasteiger charge is -2.12. The molecule has 0 spiro atoms. The molecular formula is C20H20ClN3O2. The largest absolute Gasteiger partial charge is 0.347 e. The Morgan fingerprint density at radius 2 is 1.85 bits per heavy atom. The van der Waals surface area contributed by atoms with Gasteiger partial charge in [-0.25, -0.2) is 0 Å². The lowest BCUT2D eigenvalue weighted by Crippen LogP contribution is -2.16. The van der Waals surface area contributed by atoms with E-state index in [1.165, 1.54) is 6.92 Å². The third-order valence-electron chi connectivity index (χ3n) is 4.13. The lowest BCUT2D eigenvalue weighted by atomic mass is 10.1. The zero-order valence-corrected chi connectivity index (χ0v) is 15.4. The zero-order valence-electron chi connectivity index (χ0n) is 14.7. The number of hydrogen-bond acceptors (Lipinski definition) is 2. The van der Waals surface area contributed by atoms with Gasteiger partial charge in [0.2, 0.25) is 11.8 Å². The molecule has 1 heterocycles. The van der Waals surface area contributed by atoms with Crippen molar-refractivity contribution < 1.29 is 9.59 Å². The fraction of sp³-hybridized carbons (Fsp3) is 0.200. The van der Waals surface area contributed by atoms with Gasteiger partial charge >= 0.3 is 0 Å². The van der Waals surface area contributed by atoms with E-state index in [4.69, 9.17) is 11.6 Å². The summed E-state index contributed by atoms with van der Waals surface area (Å²) < 4.78 is 2.13. The molecule has 0 bridgehead atoms. The molecule has 5 nitrogen and oxygen atoms in total. The molecule has 26 heavy (non-hydrogen) atoms. The van der Waals surface area contributed by atoms with Gasteiger partial charge in [0, 0.05) is 35.6 Å². The van der Waals surface area contributed by atoms with Crippen molar-refractivity contribution >= 4 is 45.7 Å². The number of fused-ring (bicyclic) bond motifs is 1. The van der Waals surface area contributed by atoms with Gasteiger partial charge in [-0.15, -0.1) is 0 Å². The van der Waals surface area contributed by atoms with E-state index in [9.17, 15) is 9.59 Å². The highest BCUT2D eigenvalue weighted by Gasteiger charge is 2.13. The molecule has 0 aliphatic carbocycles. The highest BCUT2D eigenvalue weighted by atomic mass is 35.5. The minimum Gasteiger partial charge on any atom is -0.347 e. The van der Waals surface area contributed by atoms with E-state index < -0.39 is 0 Å². The molecule has 3 aromatic rings. The number of benzene rings is 2. The van der Waals surface area contributed by atoms with Crippen molar-refractivity contribution in [2.75, 3.05) is 10.6 Å². The molecule has 0 fully saturated rings. The highest BCUT2D eigenvalue weighted by Crippen LogP contribution is 2.27. The number of nitrogens with zero attached hydrogens (tertiary/aromatic N) is 1. The molecule has 0 aliphatic rings. The van der Waals surface area contributed by atoms with E-state index in [0.717, 1.165) is 23.0 Å². The highest BCUT2D eigenvalue weighted by molar-refractivity contribution is 6.31. The second-order valence-electron chi connectivity index (χ2n) is 6.05. The molecule has 1 aromatic heterocycles. The summed E-state index contributed by atoms with van der Waals surface area (Å²) in [5, 5.41) is 7.10. The summed E-state index contributed by atoms with van der Waals surface area (Å²) in [7, 11) is 0. The Labute approximate surface area is 157 Å². The van der Waals surface area contributed by atoms with Crippen LogP contribution in [0.1, 0.15) is 19.4 Å².